The SMILES string of the molecule is C=CC(C)(CNCCC)Cc1cc(Cl)ccc1F. The van der Waals surface area contributed by atoms with Gasteiger partial charge in [-0.3, -0.25) is 0 Å². The highest BCUT2D eigenvalue weighted by molar-refractivity contribution is 6.30. The van der Waals surface area contributed by atoms with Crippen molar-refractivity contribution >= 4 is 11.6 Å². The molecule has 0 spiro atoms. The van der Waals surface area contributed by atoms with E-state index in [-0.39, 0.29) is 11.2 Å². The Hall–Kier alpha value is -0.860. The molecule has 0 fully saturated rings. The Morgan fingerprint density at radius 2 is 2.22 bits per heavy atom. The molecule has 1 atom stereocenters. The first-order valence-corrected chi connectivity index (χ1v) is 6.67. The lowest BCUT2D eigenvalue weighted by atomic mass is 9.83. The molecule has 3 heteroatoms. The van der Waals surface area contributed by atoms with Crippen LogP contribution in [0.25, 0.3) is 0 Å². The summed E-state index contributed by atoms with van der Waals surface area (Å²) in [6, 6.07) is 4.68. The van der Waals surface area contributed by atoms with Crippen molar-refractivity contribution in [2.75, 3.05) is 13.1 Å². The molecule has 0 aliphatic rings. The van der Waals surface area contributed by atoms with Gasteiger partial charge < -0.3 is 5.32 Å². The predicted octanol–water partition coefficient (Wildman–Crippen LogP) is 4.21. The molecule has 1 aromatic rings. The van der Waals surface area contributed by atoms with Crippen LogP contribution in [0.4, 0.5) is 4.39 Å². The quantitative estimate of drug-likeness (QED) is 0.577. The third-order valence-electron chi connectivity index (χ3n) is 3.05. The van der Waals surface area contributed by atoms with E-state index in [9.17, 15) is 4.39 Å². The Labute approximate surface area is 114 Å². The van der Waals surface area contributed by atoms with Crippen LogP contribution in [0.15, 0.2) is 30.9 Å². The number of nitrogens with one attached hydrogen (secondary N) is 1. The maximum absolute atomic E-state index is 13.7. The second-order valence-electron chi connectivity index (χ2n) is 4.95. The molecule has 18 heavy (non-hydrogen) atoms. The van der Waals surface area contributed by atoms with Gasteiger partial charge in [0, 0.05) is 17.0 Å². The van der Waals surface area contributed by atoms with E-state index < -0.39 is 0 Å². The van der Waals surface area contributed by atoms with Crippen LogP contribution in [0.1, 0.15) is 25.8 Å². The first kappa shape index (κ1) is 15.2. The molecule has 0 aliphatic carbocycles. The second kappa shape index (κ2) is 6.91. The van der Waals surface area contributed by atoms with Crippen LogP contribution in [0.3, 0.4) is 0 Å². The lowest BCUT2D eigenvalue weighted by Crippen LogP contribution is -2.32. The van der Waals surface area contributed by atoms with Crippen molar-refractivity contribution < 1.29 is 4.39 Å². The Bertz CT molecular complexity index is 405. The summed E-state index contributed by atoms with van der Waals surface area (Å²) in [5, 5.41) is 3.92. The van der Waals surface area contributed by atoms with Crippen molar-refractivity contribution in [1.29, 1.82) is 0 Å². The molecule has 1 N–H and O–H groups in total. The fourth-order valence-electron chi connectivity index (χ4n) is 1.87. The van der Waals surface area contributed by atoms with E-state index in [4.69, 9.17) is 11.6 Å². The Morgan fingerprint density at radius 1 is 1.50 bits per heavy atom. The third kappa shape index (κ3) is 4.43. The van der Waals surface area contributed by atoms with Gasteiger partial charge >= 0.3 is 0 Å². The topological polar surface area (TPSA) is 12.0 Å². The van der Waals surface area contributed by atoms with Gasteiger partial charge in [-0.15, -0.1) is 6.58 Å². The summed E-state index contributed by atoms with van der Waals surface area (Å²) in [5.74, 6) is -0.206. The highest BCUT2D eigenvalue weighted by Gasteiger charge is 2.22. The first-order chi connectivity index (χ1) is 8.50. The van der Waals surface area contributed by atoms with Crippen LogP contribution < -0.4 is 5.32 Å². The Balaban J connectivity index is 2.77. The summed E-state index contributed by atoms with van der Waals surface area (Å²) in [5.41, 5.74) is 0.476. The zero-order valence-electron chi connectivity index (χ0n) is 11.1. The van der Waals surface area contributed by atoms with Crippen LogP contribution in [0.5, 0.6) is 0 Å². The van der Waals surface area contributed by atoms with Crippen LogP contribution in [0.2, 0.25) is 5.02 Å². The second-order valence-corrected chi connectivity index (χ2v) is 5.38. The summed E-state index contributed by atoms with van der Waals surface area (Å²) < 4.78 is 13.7. The van der Waals surface area contributed by atoms with Gasteiger partial charge in [-0.05, 0) is 43.1 Å². The molecule has 0 radical (unpaired) electrons. The van der Waals surface area contributed by atoms with Crippen LogP contribution in [-0.4, -0.2) is 13.1 Å². The predicted molar refractivity (Wildman–Crippen MR) is 76.6 cm³/mol. The molecule has 1 nitrogen and oxygen atoms in total. The van der Waals surface area contributed by atoms with Crippen LogP contribution in [-0.2, 0) is 6.42 Å². The minimum atomic E-state index is -0.206. The lowest BCUT2D eigenvalue weighted by Gasteiger charge is -2.26. The van der Waals surface area contributed by atoms with Gasteiger partial charge in [0.05, 0.1) is 0 Å². The molecule has 0 aromatic heterocycles. The zero-order chi connectivity index (χ0) is 13.6. The maximum Gasteiger partial charge on any atom is 0.126 e. The molecule has 100 valence electrons. The molecule has 0 saturated carbocycles. The largest absolute Gasteiger partial charge is 0.316 e. The molecule has 1 rings (SSSR count). The molecule has 0 aliphatic heterocycles. The van der Waals surface area contributed by atoms with Crippen molar-refractivity contribution in [2.24, 2.45) is 5.41 Å². The van der Waals surface area contributed by atoms with Gasteiger partial charge in [0.25, 0.3) is 0 Å². The molecular weight excluding hydrogens is 249 g/mol. The average molecular weight is 270 g/mol. The number of halogens is 2. The van der Waals surface area contributed by atoms with Crippen LogP contribution >= 0.6 is 11.6 Å². The molecule has 0 heterocycles. The van der Waals surface area contributed by atoms with Gasteiger partial charge in [-0.25, -0.2) is 4.39 Å². The van der Waals surface area contributed by atoms with Crippen molar-refractivity contribution in [1.82, 2.24) is 5.32 Å². The van der Waals surface area contributed by atoms with Crippen molar-refractivity contribution in [3.63, 3.8) is 0 Å². The summed E-state index contributed by atoms with van der Waals surface area (Å²) in [6.07, 6.45) is 3.56. The van der Waals surface area contributed by atoms with E-state index in [2.05, 4.69) is 25.7 Å². The van der Waals surface area contributed by atoms with E-state index >= 15 is 0 Å². The van der Waals surface area contributed by atoms with E-state index in [1.807, 2.05) is 6.08 Å². The monoisotopic (exact) mass is 269 g/mol. The maximum atomic E-state index is 13.7. The van der Waals surface area contributed by atoms with Crippen molar-refractivity contribution in [2.45, 2.75) is 26.7 Å². The summed E-state index contributed by atoms with van der Waals surface area (Å²) >= 11 is 5.91. The fraction of sp³-hybridized carbons (Fsp3) is 0.467. The first-order valence-electron chi connectivity index (χ1n) is 6.29. The summed E-state index contributed by atoms with van der Waals surface area (Å²) in [4.78, 5) is 0. The van der Waals surface area contributed by atoms with E-state index in [1.54, 1.807) is 12.1 Å². The highest BCUT2D eigenvalue weighted by Crippen LogP contribution is 2.26. The smallest absolute Gasteiger partial charge is 0.126 e. The van der Waals surface area contributed by atoms with Crippen molar-refractivity contribution in [3.05, 3.63) is 47.3 Å². The average Bonchev–Trinajstić information content (AvgIpc) is 2.34. The van der Waals surface area contributed by atoms with E-state index in [0.717, 1.165) is 19.5 Å². The van der Waals surface area contributed by atoms with E-state index in [1.165, 1.54) is 6.07 Å². The molecule has 1 aromatic carbocycles. The number of hydrogen-bond acceptors (Lipinski definition) is 1. The molecular formula is C15H21ClFN. The molecule has 0 saturated heterocycles. The zero-order valence-corrected chi connectivity index (χ0v) is 11.9. The van der Waals surface area contributed by atoms with Gasteiger partial charge in [-0.1, -0.05) is 31.5 Å². The van der Waals surface area contributed by atoms with Gasteiger partial charge in [0.2, 0.25) is 0 Å². The lowest BCUT2D eigenvalue weighted by molar-refractivity contribution is 0.385. The van der Waals surface area contributed by atoms with Crippen LogP contribution in [0, 0.1) is 11.2 Å². The Kier molecular flexibility index (Phi) is 5.83. The molecule has 0 amide bonds. The Morgan fingerprint density at radius 3 is 2.83 bits per heavy atom. The number of benzene rings is 1. The van der Waals surface area contributed by atoms with Gasteiger partial charge in [0.1, 0.15) is 5.82 Å². The van der Waals surface area contributed by atoms with E-state index in [0.29, 0.717) is 17.0 Å². The normalized spacial score (nSPS) is 14.2. The minimum Gasteiger partial charge on any atom is -0.316 e. The fourth-order valence-corrected chi connectivity index (χ4v) is 2.07. The number of rotatable bonds is 7. The standard InChI is InChI=1S/C15H21ClFN/c1-4-8-18-11-15(3,5-2)10-12-9-13(16)6-7-14(12)17/h5-7,9,18H,2,4,8,10-11H2,1,3H3. The van der Waals surface area contributed by atoms with Gasteiger partial charge in [-0.2, -0.15) is 0 Å². The third-order valence-corrected chi connectivity index (χ3v) is 3.29. The molecule has 0 bridgehead atoms. The highest BCUT2D eigenvalue weighted by atomic mass is 35.5. The molecule has 1 unspecified atom stereocenters. The number of hydrogen-bond donors (Lipinski definition) is 1. The van der Waals surface area contributed by atoms with Crippen molar-refractivity contribution in [3.8, 4) is 0 Å². The summed E-state index contributed by atoms with van der Waals surface area (Å²) in [7, 11) is 0. The van der Waals surface area contributed by atoms with Gasteiger partial charge in [0.15, 0.2) is 0 Å². The minimum absolute atomic E-state index is 0.166. The summed E-state index contributed by atoms with van der Waals surface area (Å²) in [6.45, 7) is 9.80.